The summed E-state index contributed by atoms with van der Waals surface area (Å²) in [4.78, 5) is 4.28. The molecule has 0 bridgehead atoms. The summed E-state index contributed by atoms with van der Waals surface area (Å²) in [6, 6.07) is 8.51. The van der Waals surface area contributed by atoms with Crippen LogP contribution in [0.2, 0.25) is 0 Å². The van der Waals surface area contributed by atoms with Gasteiger partial charge >= 0.3 is 0 Å². The molecule has 1 aromatic carbocycles. The summed E-state index contributed by atoms with van der Waals surface area (Å²) in [6.07, 6.45) is 3.02. The van der Waals surface area contributed by atoms with Crippen LogP contribution in [0.4, 0.5) is 0 Å². The SMILES string of the molecule is c1cnc2cc3c(cc2c1)C3. The highest BCUT2D eigenvalue weighted by atomic mass is 14.6. The molecule has 11 heavy (non-hydrogen) atoms. The molecule has 0 saturated heterocycles. The Morgan fingerprint density at radius 3 is 3.09 bits per heavy atom. The predicted octanol–water partition coefficient (Wildman–Crippen LogP) is 2.14. The van der Waals surface area contributed by atoms with Crippen molar-refractivity contribution in [2.75, 3.05) is 0 Å². The number of pyridine rings is 1. The van der Waals surface area contributed by atoms with Crippen LogP contribution >= 0.6 is 0 Å². The second-order valence-corrected chi connectivity index (χ2v) is 2.99. The molecule has 1 aliphatic rings. The zero-order valence-corrected chi connectivity index (χ0v) is 6.04. The van der Waals surface area contributed by atoms with E-state index in [9.17, 15) is 0 Å². The summed E-state index contributed by atoms with van der Waals surface area (Å²) in [5.74, 6) is 0. The quantitative estimate of drug-likeness (QED) is 0.467. The highest BCUT2D eigenvalue weighted by Crippen LogP contribution is 2.31. The van der Waals surface area contributed by atoms with E-state index >= 15 is 0 Å². The van der Waals surface area contributed by atoms with Gasteiger partial charge in [0.25, 0.3) is 0 Å². The predicted molar refractivity (Wildman–Crippen MR) is 44.5 cm³/mol. The van der Waals surface area contributed by atoms with E-state index in [-0.39, 0.29) is 0 Å². The van der Waals surface area contributed by atoms with E-state index in [1.165, 1.54) is 22.9 Å². The van der Waals surface area contributed by atoms with Crippen LogP contribution in [0.1, 0.15) is 11.1 Å². The Morgan fingerprint density at radius 2 is 2.09 bits per heavy atom. The van der Waals surface area contributed by atoms with Crippen molar-refractivity contribution in [2.45, 2.75) is 6.42 Å². The van der Waals surface area contributed by atoms with Gasteiger partial charge in [0.05, 0.1) is 5.52 Å². The molecule has 0 unspecified atom stereocenters. The van der Waals surface area contributed by atoms with Crippen molar-refractivity contribution in [3.8, 4) is 0 Å². The van der Waals surface area contributed by atoms with Gasteiger partial charge in [-0.2, -0.15) is 0 Å². The molecule has 1 heterocycles. The first-order valence-corrected chi connectivity index (χ1v) is 3.80. The Labute approximate surface area is 64.7 Å². The smallest absolute Gasteiger partial charge is 0.0705 e. The van der Waals surface area contributed by atoms with Gasteiger partial charge in [-0.15, -0.1) is 0 Å². The van der Waals surface area contributed by atoms with E-state index in [1.807, 2.05) is 12.3 Å². The molecule has 0 fully saturated rings. The minimum Gasteiger partial charge on any atom is -0.256 e. The summed E-state index contributed by atoms with van der Waals surface area (Å²) >= 11 is 0. The summed E-state index contributed by atoms with van der Waals surface area (Å²) in [5, 5.41) is 1.27. The third-order valence-electron chi connectivity index (χ3n) is 2.18. The topological polar surface area (TPSA) is 12.9 Å². The Bertz CT molecular complexity index is 391. The molecule has 2 aromatic rings. The van der Waals surface area contributed by atoms with Gasteiger partial charge in [0.1, 0.15) is 0 Å². The fourth-order valence-corrected chi connectivity index (χ4v) is 1.47. The molecule has 0 amide bonds. The number of hydrogen-bond donors (Lipinski definition) is 0. The highest BCUT2D eigenvalue weighted by molar-refractivity contribution is 5.82. The number of nitrogens with zero attached hydrogens (tertiary/aromatic N) is 1. The number of benzene rings is 1. The van der Waals surface area contributed by atoms with Crippen molar-refractivity contribution >= 4 is 10.9 Å². The van der Waals surface area contributed by atoms with Crippen LogP contribution < -0.4 is 0 Å². The molecule has 1 nitrogen and oxygen atoms in total. The normalized spacial score (nSPS) is 13.1. The largest absolute Gasteiger partial charge is 0.256 e. The average Bonchev–Trinajstić information content (AvgIpc) is 2.77. The lowest BCUT2D eigenvalue weighted by atomic mass is 10.2. The first kappa shape index (κ1) is 5.30. The molecule has 0 N–H and O–H groups in total. The second kappa shape index (κ2) is 1.62. The number of hydrogen-bond acceptors (Lipinski definition) is 1. The lowest BCUT2D eigenvalue weighted by Crippen LogP contribution is -1.73. The van der Waals surface area contributed by atoms with Crippen LogP contribution in [-0.2, 0) is 6.42 Å². The Hall–Kier alpha value is -1.37. The maximum absolute atomic E-state index is 4.28. The molecule has 0 atom stereocenters. The minimum absolute atomic E-state index is 1.13. The summed E-state index contributed by atoms with van der Waals surface area (Å²) in [7, 11) is 0. The molecule has 0 radical (unpaired) electrons. The maximum Gasteiger partial charge on any atom is 0.0705 e. The van der Waals surface area contributed by atoms with E-state index in [4.69, 9.17) is 0 Å². The minimum atomic E-state index is 1.13. The molecule has 0 spiro atoms. The Kier molecular flexibility index (Phi) is 0.779. The highest BCUT2D eigenvalue weighted by Gasteiger charge is 2.16. The monoisotopic (exact) mass is 141 g/mol. The van der Waals surface area contributed by atoms with Crippen LogP contribution in [0.3, 0.4) is 0 Å². The molecule has 0 aliphatic heterocycles. The van der Waals surface area contributed by atoms with Crippen molar-refractivity contribution in [3.05, 3.63) is 41.6 Å². The van der Waals surface area contributed by atoms with Gasteiger partial charge in [0.2, 0.25) is 0 Å². The van der Waals surface area contributed by atoms with Crippen LogP contribution in [0.5, 0.6) is 0 Å². The van der Waals surface area contributed by atoms with Gasteiger partial charge in [-0.25, -0.2) is 0 Å². The molecule has 3 rings (SSSR count). The Morgan fingerprint density at radius 1 is 1.18 bits per heavy atom. The summed E-state index contributed by atoms with van der Waals surface area (Å²) in [5.41, 5.74) is 4.09. The fraction of sp³-hybridized carbons (Fsp3) is 0.100. The van der Waals surface area contributed by atoms with Crippen LogP contribution in [0.25, 0.3) is 10.9 Å². The average molecular weight is 141 g/mol. The molecule has 1 aliphatic carbocycles. The fourth-order valence-electron chi connectivity index (χ4n) is 1.47. The summed E-state index contributed by atoms with van der Waals surface area (Å²) in [6.45, 7) is 0. The van der Waals surface area contributed by atoms with Gasteiger partial charge in [-0.1, -0.05) is 6.07 Å². The van der Waals surface area contributed by atoms with Crippen LogP contribution in [0.15, 0.2) is 30.5 Å². The van der Waals surface area contributed by atoms with Gasteiger partial charge < -0.3 is 0 Å². The van der Waals surface area contributed by atoms with Crippen molar-refractivity contribution in [3.63, 3.8) is 0 Å². The van der Waals surface area contributed by atoms with Gasteiger partial charge in [0.15, 0.2) is 0 Å². The van der Waals surface area contributed by atoms with Gasteiger partial charge in [0, 0.05) is 11.6 Å². The van der Waals surface area contributed by atoms with Gasteiger partial charge in [-0.3, -0.25) is 4.98 Å². The van der Waals surface area contributed by atoms with Crippen molar-refractivity contribution in [1.82, 2.24) is 4.98 Å². The first-order valence-electron chi connectivity index (χ1n) is 3.80. The van der Waals surface area contributed by atoms with Gasteiger partial charge in [-0.05, 0) is 35.7 Å². The first-order chi connectivity index (χ1) is 5.43. The third-order valence-corrected chi connectivity index (χ3v) is 2.18. The standard InChI is InChI=1S/C10H7N/c1-2-7-4-8-5-9(8)6-10(7)11-3-1/h1-4,6H,5H2. The van der Waals surface area contributed by atoms with Crippen LogP contribution in [0, 0.1) is 0 Å². The second-order valence-electron chi connectivity index (χ2n) is 2.99. The van der Waals surface area contributed by atoms with Crippen LogP contribution in [-0.4, -0.2) is 4.98 Å². The van der Waals surface area contributed by atoms with E-state index in [1.54, 1.807) is 0 Å². The zero-order valence-electron chi connectivity index (χ0n) is 6.04. The van der Waals surface area contributed by atoms with E-state index in [0.29, 0.717) is 0 Å². The van der Waals surface area contributed by atoms with Crippen molar-refractivity contribution < 1.29 is 0 Å². The maximum atomic E-state index is 4.28. The molecule has 0 saturated carbocycles. The number of rotatable bonds is 0. The number of aromatic nitrogens is 1. The molecular weight excluding hydrogens is 134 g/mol. The van der Waals surface area contributed by atoms with E-state index < -0.39 is 0 Å². The van der Waals surface area contributed by atoms with Crippen molar-refractivity contribution in [1.29, 1.82) is 0 Å². The molecule has 52 valence electrons. The Balaban J connectivity index is 2.51. The number of fused-ring (bicyclic) bond motifs is 2. The summed E-state index contributed by atoms with van der Waals surface area (Å²) < 4.78 is 0. The van der Waals surface area contributed by atoms with Crippen molar-refractivity contribution in [2.24, 2.45) is 0 Å². The lowest BCUT2D eigenvalue weighted by Gasteiger charge is -1.91. The lowest BCUT2D eigenvalue weighted by molar-refractivity contribution is 1.42. The molecule has 1 heteroatoms. The zero-order chi connectivity index (χ0) is 7.26. The molecular formula is C10H7N. The molecule has 1 aromatic heterocycles. The van der Waals surface area contributed by atoms with E-state index in [2.05, 4.69) is 23.2 Å². The third kappa shape index (κ3) is 0.679. The van der Waals surface area contributed by atoms with E-state index in [0.717, 1.165) is 5.52 Å².